The molecule has 27 heavy (non-hydrogen) atoms. The van der Waals surface area contributed by atoms with Crippen LogP contribution in [0.25, 0.3) is 6.08 Å². The Bertz CT molecular complexity index is 1030. The predicted molar refractivity (Wildman–Crippen MR) is 93.4 cm³/mol. The number of benzene rings is 2. The zero-order valence-corrected chi connectivity index (χ0v) is 13.8. The Morgan fingerprint density at radius 3 is 2.52 bits per heavy atom. The largest absolute Gasteiger partial charge is 0.496 e. The number of rotatable bonds is 5. The van der Waals surface area contributed by atoms with Gasteiger partial charge in [-0.3, -0.25) is 20.2 Å². The highest BCUT2D eigenvalue weighted by atomic mass is 16.6. The third kappa shape index (κ3) is 3.49. The molecular formula is C17H11N3O7. The molecule has 0 atom stereocenters. The number of carbonyl (C=O) groups excluding carboxylic acids is 1. The number of methoxy groups -OCH3 is 1. The van der Waals surface area contributed by atoms with Crippen LogP contribution in [0.3, 0.4) is 0 Å². The number of non-ortho nitro benzene ring substituents is 1. The van der Waals surface area contributed by atoms with Crippen LogP contribution in [0.2, 0.25) is 0 Å². The normalized spacial score (nSPS) is 14.6. The average Bonchev–Trinajstić information content (AvgIpc) is 3.01. The van der Waals surface area contributed by atoms with Crippen molar-refractivity contribution in [2.45, 2.75) is 0 Å². The van der Waals surface area contributed by atoms with Crippen molar-refractivity contribution in [3.63, 3.8) is 0 Å². The van der Waals surface area contributed by atoms with Crippen LogP contribution in [0, 0.1) is 20.2 Å². The lowest BCUT2D eigenvalue weighted by Crippen LogP contribution is -2.07. The number of carbonyl (C=O) groups is 1. The van der Waals surface area contributed by atoms with E-state index in [4.69, 9.17) is 9.47 Å². The van der Waals surface area contributed by atoms with Crippen LogP contribution in [-0.4, -0.2) is 28.8 Å². The van der Waals surface area contributed by atoms with Crippen molar-refractivity contribution in [3.05, 3.63) is 79.5 Å². The highest BCUT2D eigenvalue weighted by Gasteiger charge is 2.28. The van der Waals surface area contributed by atoms with Gasteiger partial charge in [0.05, 0.1) is 28.1 Å². The molecule has 10 nitrogen and oxygen atoms in total. The lowest BCUT2D eigenvalue weighted by Gasteiger charge is -2.06. The lowest BCUT2D eigenvalue weighted by molar-refractivity contribution is -0.385. The Morgan fingerprint density at radius 2 is 1.85 bits per heavy atom. The molecule has 2 aromatic rings. The number of hydrogen-bond donors (Lipinski definition) is 0. The van der Waals surface area contributed by atoms with Gasteiger partial charge in [0.2, 0.25) is 5.90 Å². The number of nitrogens with zero attached hydrogens (tertiary/aromatic N) is 3. The van der Waals surface area contributed by atoms with Gasteiger partial charge in [-0.05, 0) is 18.2 Å². The van der Waals surface area contributed by atoms with Gasteiger partial charge < -0.3 is 9.47 Å². The average molecular weight is 369 g/mol. The lowest BCUT2D eigenvalue weighted by atomic mass is 10.1. The van der Waals surface area contributed by atoms with Gasteiger partial charge in [0.15, 0.2) is 5.70 Å². The van der Waals surface area contributed by atoms with Crippen molar-refractivity contribution < 1.29 is 24.1 Å². The van der Waals surface area contributed by atoms with Crippen molar-refractivity contribution in [3.8, 4) is 5.75 Å². The van der Waals surface area contributed by atoms with E-state index in [0.29, 0.717) is 0 Å². The Hall–Kier alpha value is -4.08. The van der Waals surface area contributed by atoms with E-state index in [0.717, 1.165) is 0 Å². The van der Waals surface area contributed by atoms with Crippen LogP contribution in [0.4, 0.5) is 11.4 Å². The second-order valence-electron chi connectivity index (χ2n) is 5.29. The van der Waals surface area contributed by atoms with Crippen molar-refractivity contribution >= 4 is 29.3 Å². The molecule has 136 valence electrons. The molecule has 0 spiro atoms. The third-order valence-corrected chi connectivity index (χ3v) is 3.67. The summed E-state index contributed by atoms with van der Waals surface area (Å²) in [6.45, 7) is 0. The van der Waals surface area contributed by atoms with Gasteiger partial charge in [-0.2, -0.15) is 0 Å². The van der Waals surface area contributed by atoms with Crippen LogP contribution >= 0.6 is 0 Å². The zero-order valence-electron chi connectivity index (χ0n) is 13.8. The van der Waals surface area contributed by atoms with E-state index in [1.807, 2.05) is 0 Å². The molecule has 0 unspecified atom stereocenters. The van der Waals surface area contributed by atoms with E-state index >= 15 is 0 Å². The SMILES string of the molecule is COc1ccc([N+](=O)[O-])cc1C1=NC(=Cc2ccccc2[N+](=O)[O-])C(=O)O1. The zero-order chi connectivity index (χ0) is 19.6. The number of nitro groups is 2. The molecule has 0 amide bonds. The van der Waals surface area contributed by atoms with Crippen LogP contribution < -0.4 is 4.74 Å². The monoisotopic (exact) mass is 369 g/mol. The molecule has 0 aliphatic carbocycles. The van der Waals surface area contributed by atoms with Gasteiger partial charge in [-0.25, -0.2) is 9.79 Å². The van der Waals surface area contributed by atoms with Gasteiger partial charge in [0.1, 0.15) is 5.75 Å². The van der Waals surface area contributed by atoms with E-state index in [1.54, 1.807) is 6.07 Å². The summed E-state index contributed by atoms with van der Waals surface area (Å²) in [4.78, 5) is 37.0. The molecule has 0 aromatic heterocycles. The minimum absolute atomic E-state index is 0.117. The second kappa shape index (κ2) is 7.04. The van der Waals surface area contributed by atoms with Crippen LogP contribution in [-0.2, 0) is 9.53 Å². The predicted octanol–water partition coefficient (Wildman–Crippen LogP) is 2.86. The fraction of sp³-hybridized carbons (Fsp3) is 0.0588. The van der Waals surface area contributed by atoms with Crippen LogP contribution in [0.15, 0.2) is 53.2 Å². The molecule has 0 saturated carbocycles. The number of ether oxygens (including phenoxy) is 2. The van der Waals surface area contributed by atoms with E-state index in [-0.39, 0.29) is 39.8 Å². The first-order chi connectivity index (χ1) is 12.9. The standard InChI is InChI=1S/C17H11N3O7/c1-26-15-7-6-11(19(22)23)9-12(15)16-18-13(17(21)27-16)8-10-4-2-3-5-14(10)20(24)25/h2-9H,1H3. The van der Waals surface area contributed by atoms with Gasteiger partial charge in [0, 0.05) is 18.2 Å². The fourth-order valence-corrected chi connectivity index (χ4v) is 2.42. The molecule has 3 rings (SSSR count). The van der Waals surface area contributed by atoms with E-state index < -0.39 is 15.8 Å². The summed E-state index contributed by atoms with van der Waals surface area (Å²) < 4.78 is 10.2. The molecule has 10 heteroatoms. The summed E-state index contributed by atoms with van der Waals surface area (Å²) in [6.07, 6.45) is 1.22. The molecule has 1 aliphatic rings. The maximum Gasteiger partial charge on any atom is 0.363 e. The summed E-state index contributed by atoms with van der Waals surface area (Å²) in [5.74, 6) is -0.804. The van der Waals surface area contributed by atoms with Crippen molar-refractivity contribution in [1.82, 2.24) is 0 Å². The Labute approximate surface area is 151 Å². The molecule has 0 bridgehead atoms. The minimum Gasteiger partial charge on any atom is -0.496 e. The van der Waals surface area contributed by atoms with Gasteiger partial charge in [-0.15, -0.1) is 0 Å². The summed E-state index contributed by atoms with van der Waals surface area (Å²) in [5, 5.41) is 22.1. The first-order valence-corrected chi connectivity index (χ1v) is 7.49. The molecule has 0 saturated heterocycles. The number of aliphatic imine (C=N–C) groups is 1. The smallest absolute Gasteiger partial charge is 0.363 e. The highest BCUT2D eigenvalue weighted by molar-refractivity contribution is 6.14. The summed E-state index contributed by atoms with van der Waals surface area (Å²) >= 11 is 0. The van der Waals surface area contributed by atoms with E-state index in [1.165, 1.54) is 49.6 Å². The number of nitro benzene ring substituents is 2. The molecular weight excluding hydrogens is 358 g/mol. The molecule has 1 aliphatic heterocycles. The van der Waals surface area contributed by atoms with Crippen LogP contribution in [0.5, 0.6) is 5.75 Å². The topological polar surface area (TPSA) is 134 Å². The summed E-state index contributed by atoms with van der Waals surface area (Å²) in [5.41, 5.74) is -0.320. The van der Waals surface area contributed by atoms with Crippen molar-refractivity contribution in [2.75, 3.05) is 7.11 Å². The number of para-hydroxylation sites is 1. The maximum atomic E-state index is 12.1. The third-order valence-electron chi connectivity index (χ3n) is 3.67. The van der Waals surface area contributed by atoms with Gasteiger partial charge in [0.25, 0.3) is 11.4 Å². The molecule has 0 radical (unpaired) electrons. The first kappa shape index (κ1) is 17.7. The van der Waals surface area contributed by atoms with Gasteiger partial charge >= 0.3 is 5.97 Å². The maximum absolute atomic E-state index is 12.1. The summed E-state index contributed by atoms with van der Waals surface area (Å²) in [7, 11) is 1.35. The molecule has 2 aromatic carbocycles. The summed E-state index contributed by atoms with van der Waals surface area (Å²) in [6, 6.07) is 9.58. The van der Waals surface area contributed by atoms with Crippen molar-refractivity contribution in [1.29, 1.82) is 0 Å². The number of esters is 1. The molecule has 1 heterocycles. The molecule has 0 N–H and O–H groups in total. The quantitative estimate of drug-likeness (QED) is 0.342. The second-order valence-corrected chi connectivity index (χ2v) is 5.29. The Balaban J connectivity index is 2.07. The van der Waals surface area contributed by atoms with Crippen molar-refractivity contribution in [2.24, 2.45) is 4.99 Å². The van der Waals surface area contributed by atoms with E-state index in [2.05, 4.69) is 4.99 Å². The highest BCUT2D eigenvalue weighted by Crippen LogP contribution is 2.29. The Kier molecular flexibility index (Phi) is 4.62. The van der Waals surface area contributed by atoms with E-state index in [9.17, 15) is 25.0 Å². The van der Waals surface area contributed by atoms with Crippen LogP contribution in [0.1, 0.15) is 11.1 Å². The number of hydrogen-bond acceptors (Lipinski definition) is 8. The molecule has 0 fully saturated rings. The Morgan fingerprint density at radius 1 is 1.11 bits per heavy atom. The van der Waals surface area contributed by atoms with Gasteiger partial charge in [-0.1, -0.05) is 12.1 Å². The minimum atomic E-state index is -0.836. The first-order valence-electron chi connectivity index (χ1n) is 7.49. The fourth-order valence-electron chi connectivity index (χ4n) is 2.42. The number of cyclic esters (lactones) is 1.